The second-order valence-corrected chi connectivity index (χ2v) is 9.39. The highest BCUT2D eigenvalue weighted by Crippen LogP contribution is 2.42. The van der Waals surface area contributed by atoms with E-state index in [0.29, 0.717) is 10.7 Å². The Bertz CT molecular complexity index is 1060. The predicted octanol–water partition coefficient (Wildman–Crippen LogP) is 4.20. The van der Waals surface area contributed by atoms with Gasteiger partial charge in [0.05, 0.1) is 23.6 Å². The monoisotopic (exact) mass is 464 g/mol. The zero-order valence-electron chi connectivity index (χ0n) is 16.0. The number of aromatic nitrogens is 2. The Kier molecular flexibility index (Phi) is 6.59. The summed E-state index contributed by atoms with van der Waals surface area (Å²) in [6, 6.07) is 7.57. The van der Waals surface area contributed by atoms with Crippen molar-refractivity contribution in [1.82, 2.24) is 9.55 Å². The Morgan fingerprint density at radius 2 is 1.77 bits per heavy atom. The average molecular weight is 465 g/mol. The summed E-state index contributed by atoms with van der Waals surface area (Å²) in [5.74, 6) is -1.47. The molecule has 0 N–H and O–H groups in total. The number of alkyl halides is 3. The highest BCUT2D eigenvalue weighted by atomic mass is 35.5. The van der Waals surface area contributed by atoms with Crippen LogP contribution in [0.25, 0.3) is 5.69 Å². The molecule has 1 aliphatic carbocycles. The maximum Gasteiger partial charge on any atom is 0.391 e. The summed E-state index contributed by atoms with van der Waals surface area (Å²) in [6.07, 6.45) is -3.08. The maximum absolute atomic E-state index is 13.0. The number of nitrogens with zero attached hydrogens (tertiary/aromatic N) is 2. The summed E-state index contributed by atoms with van der Waals surface area (Å²) in [5.41, 5.74) is 0.0939. The van der Waals surface area contributed by atoms with Crippen molar-refractivity contribution in [2.24, 2.45) is 5.92 Å². The van der Waals surface area contributed by atoms with E-state index in [0.717, 1.165) is 12.3 Å². The van der Waals surface area contributed by atoms with Gasteiger partial charge in [-0.25, -0.2) is 4.98 Å². The van der Waals surface area contributed by atoms with Crippen LogP contribution in [0, 0.1) is 5.92 Å². The predicted molar refractivity (Wildman–Crippen MR) is 105 cm³/mol. The van der Waals surface area contributed by atoms with Crippen molar-refractivity contribution in [3.63, 3.8) is 0 Å². The van der Waals surface area contributed by atoms with Crippen LogP contribution in [0.1, 0.15) is 43.1 Å². The van der Waals surface area contributed by atoms with E-state index >= 15 is 0 Å². The molecule has 0 radical (unpaired) electrons. The minimum Gasteiger partial charge on any atom is -0.269 e. The van der Waals surface area contributed by atoms with Crippen molar-refractivity contribution in [2.75, 3.05) is 6.26 Å². The normalized spacial score (nSPS) is 20.3. The number of hydrogen-bond acceptors (Lipinski definition) is 5. The maximum atomic E-state index is 13.0. The third-order valence-electron chi connectivity index (χ3n) is 5.06. The number of hydrogen-bond donors (Lipinski definition) is 0. The average Bonchev–Trinajstić information content (AvgIpc) is 2.66. The van der Waals surface area contributed by atoms with Crippen LogP contribution in [0.5, 0.6) is 0 Å². The van der Waals surface area contributed by atoms with Crippen LogP contribution >= 0.6 is 11.6 Å². The van der Waals surface area contributed by atoms with Crippen LogP contribution in [0.15, 0.2) is 35.1 Å². The SMILES string of the molecule is CS(=O)(=O)OCc1cc(=O)n(-c2ccc(Cl)cc2)c(C2CCC(C(F)(F)F)CC2)n1. The quantitative estimate of drug-likeness (QED) is 0.620. The molecule has 6 nitrogen and oxygen atoms in total. The minimum absolute atomic E-state index is 0.0608. The van der Waals surface area contributed by atoms with Gasteiger partial charge in [0.25, 0.3) is 15.7 Å². The number of benzene rings is 1. The summed E-state index contributed by atoms with van der Waals surface area (Å²) in [6.45, 7) is -0.430. The van der Waals surface area contributed by atoms with Gasteiger partial charge < -0.3 is 0 Å². The Morgan fingerprint density at radius 1 is 1.17 bits per heavy atom. The van der Waals surface area contributed by atoms with Crippen LogP contribution in [-0.4, -0.2) is 30.4 Å². The third-order valence-corrected chi connectivity index (χ3v) is 5.86. The molecule has 0 atom stereocenters. The third kappa shape index (κ3) is 5.61. The molecule has 1 aromatic heterocycles. The number of halogens is 4. The van der Waals surface area contributed by atoms with Crippen molar-refractivity contribution < 1.29 is 25.8 Å². The molecule has 0 aliphatic heterocycles. The van der Waals surface area contributed by atoms with Crippen LogP contribution in [0.2, 0.25) is 5.02 Å². The summed E-state index contributed by atoms with van der Waals surface area (Å²) >= 11 is 5.91. The molecule has 30 heavy (non-hydrogen) atoms. The van der Waals surface area contributed by atoms with Crippen molar-refractivity contribution in [1.29, 1.82) is 0 Å². The van der Waals surface area contributed by atoms with Crippen LogP contribution in [-0.2, 0) is 20.9 Å². The molecule has 0 bridgehead atoms. The van der Waals surface area contributed by atoms with Gasteiger partial charge in [-0.05, 0) is 49.9 Å². The molecule has 0 spiro atoms. The largest absolute Gasteiger partial charge is 0.391 e. The highest BCUT2D eigenvalue weighted by Gasteiger charge is 2.42. The Balaban J connectivity index is 2.00. The van der Waals surface area contributed by atoms with E-state index in [1.807, 2.05) is 0 Å². The zero-order chi connectivity index (χ0) is 22.1. The van der Waals surface area contributed by atoms with Crippen LogP contribution in [0.3, 0.4) is 0 Å². The molecular formula is C19H20ClF3N2O4S. The lowest BCUT2D eigenvalue weighted by Crippen LogP contribution is -2.31. The highest BCUT2D eigenvalue weighted by molar-refractivity contribution is 7.85. The molecule has 1 saturated carbocycles. The summed E-state index contributed by atoms with van der Waals surface area (Å²) < 4.78 is 67.7. The van der Waals surface area contributed by atoms with E-state index in [1.165, 1.54) is 4.57 Å². The van der Waals surface area contributed by atoms with Crippen molar-refractivity contribution in [3.8, 4) is 5.69 Å². The molecule has 164 valence electrons. The Hall–Kier alpha value is -1.91. The molecule has 1 fully saturated rings. The standard InChI is InChI=1S/C19H20ClF3N2O4S/c1-30(27,28)29-11-15-10-17(26)25(16-8-6-14(20)7-9-16)18(24-15)12-2-4-13(5-3-12)19(21,22)23/h6-10,12-13H,2-5,11H2,1H3. The molecule has 1 aliphatic rings. The first-order valence-corrected chi connectivity index (χ1v) is 11.4. The Labute approximate surface area is 176 Å². The van der Waals surface area contributed by atoms with Gasteiger partial charge in [0.15, 0.2) is 0 Å². The summed E-state index contributed by atoms with van der Waals surface area (Å²) in [4.78, 5) is 17.2. The van der Waals surface area contributed by atoms with Crippen LogP contribution in [0.4, 0.5) is 13.2 Å². The van der Waals surface area contributed by atoms with Gasteiger partial charge in [0.1, 0.15) is 12.4 Å². The smallest absolute Gasteiger partial charge is 0.269 e. The topological polar surface area (TPSA) is 78.3 Å². The first-order valence-electron chi connectivity index (χ1n) is 9.24. The van der Waals surface area contributed by atoms with E-state index in [4.69, 9.17) is 15.8 Å². The van der Waals surface area contributed by atoms with Crippen molar-refractivity contribution >= 4 is 21.7 Å². The molecule has 0 saturated heterocycles. The fourth-order valence-electron chi connectivity index (χ4n) is 3.59. The fourth-order valence-corrected chi connectivity index (χ4v) is 4.05. The second kappa shape index (κ2) is 8.68. The van der Waals surface area contributed by atoms with E-state index in [9.17, 15) is 26.4 Å². The lowest BCUT2D eigenvalue weighted by molar-refractivity contribution is -0.182. The molecule has 0 unspecified atom stereocenters. The lowest BCUT2D eigenvalue weighted by Gasteiger charge is -2.30. The van der Waals surface area contributed by atoms with Gasteiger partial charge in [0.2, 0.25) is 0 Å². The lowest BCUT2D eigenvalue weighted by atomic mass is 9.81. The van der Waals surface area contributed by atoms with Crippen molar-refractivity contribution in [3.05, 3.63) is 57.2 Å². The van der Waals surface area contributed by atoms with Crippen molar-refractivity contribution in [2.45, 2.75) is 44.4 Å². The molecule has 0 amide bonds. The first kappa shape index (κ1) is 22.8. The van der Waals surface area contributed by atoms with Gasteiger partial charge in [-0.2, -0.15) is 21.6 Å². The Morgan fingerprint density at radius 3 is 2.30 bits per heavy atom. The number of rotatable bonds is 5. The second-order valence-electron chi connectivity index (χ2n) is 7.31. The van der Waals surface area contributed by atoms with E-state index in [2.05, 4.69) is 4.98 Å². The van der Waals surface area contributed by atoms with Gasteiger partial charge >= 0.3 is 6.18 Å². The van der Waals surface area contributed by atoms with E-state index < -0.39 is 34.4 Å². The first-order chi connectivity index (χ1) is 13.9. The molecule has 2 aromatic rings. The molecule has 3 rings (SSSR count). The molecular weight excluding hydrogens is 445 g/mol. The van der Waals surface area contributed by atoms with Gasteiger partial charge in [-0.15, -0.1) is 0 Å². The van der Waals surface area contributed by atoms with Crippen LogP contribution < -0.4 is 5.56 Å². The van der Waals surface area contributed by atoms with E-state index in [-0.39, 0.29) is 43.1 Å². The zero-order valence-corrected chi connectivity index (χ0v) is 17.6. The minimum atomic E-state index is -4.25. The molecule has 1 heterocycles. The van der Waals surface area contributed by atoms with E-state index in [1.54, 1.807) is 24.3 Å². The molecule has 11 heteroatoms. The van der Waals surface area contributed by atoms with Gasteiger partial charge in [0, 0.05) is 17.0 Å². The fraction of sp³-hybridized carbons (Fsp3) is 0.474. The summed E-state index contributed by atoms with van der Waals surface area (Å²) in [5, 5.41) is 0.463. The van der Waals surface area contributed by atoms with Gasteiger partial charge in [-0.3, -0.25) is 13.5 Å². The summed E-state index contributed by atoms with van der Waals surface area (Å²) in [7, 11) is -3.75. The molecule has 1 aromatic carbocycles. The van der Waals surface area contributed by atoms with Gasteiger partial charge in [-0.1, -0.05) is 11.6 Å².